The molecule has 2 aromatic carbocycles. The third kappa shape index (κ3) is 5.27. The smallest absolute Gasteiger partial charge is 0.263 e. The molecule has 2 N–H and O–H groups in total. The molecule has 0 aliphatic rings. The molecule has 0 radical (unpaired) electrons. The summed E-state index contributed by atoms with van der Waals surface area (Å²) >= 11 is 5.69. The van der Waals surface area contributed by atoms with Crippen molar-refractivity contribution in [3.05, 3.63) is 89.8 Å². The molecule has 3 heterocycles. The van der Waals surface area contributed by atoms with Crippen molar-refractivity contribution in [3.8, 4) is 11.3 Å². The average molecular weight is 534 g/mol. The van der Waals surface area contributed by atoms with Gasteiger partial charge in [0.2, 0.25) is 0 Å². The lowest BCUT2D eigenvalue weighted by molar-refractivity contribution is 0.102. The normalized spacial score (nSPS) is 11.4. The van der Waals surface area contributed by atoms with Gasteiger partial charge in [-0.05, 0) is 55.5 Å². The van der Waals surface area contributed by atoms with Crippen molar-refractivity contribution in [2.75, 3.05) is 10.0 Å². The monoisotopic (exact) mass is 533 g/mol. The van der Waals surface area contributed by atoms with Gasteiger partial charge in [-0.2, -0.15) is 5.10 Å². The molecule has 0 saturated carbocycles. The van der Waals surface area contributed by atoms with Crippen LogP contribution in [0.1, 0.15) is 17.3 Å². The Balaban J connectivity index is 1.40. The van der Waals surface area contributed by atoms with Crippen LogP contribution in [0, 0.1) is 0 Å². The van der Waals surface area contributed by atoms with E-state index in [-0.39, 0.29) is 21.8 Å². The summed E-state index contributed by atoms with van der Waals surface area (Å²) in [7, 11) is -3.91. The van der Waals surface area contributed by atoms with Gasteiger partial charge in [0.15, 0.2) is 11.0 Å². The lowest BCUT2D eigenvalue weighted by atomic mass is 10.0. The largest absolute Gasteiger partial charge is 0.322 e. The van der Waals surface area contributed by atoms with Gasteiger partial charge in [0.25, 0.3) is 15.9 Å². The molecule has 0 aliphatic heterocycles. The molecule has 12 heteroatoms. The Bertz CT molecular complexity index is 1700. The number of nitrogens with zero attached hydrogens (tertiary/aromatic N) is 5. The molecular formula is C25H20ClN7O3S. The predicted octanol–water partition coefficient (Wildman–Crippen LogP) is 4.61. The Morgan fingerprint density at radius 2 is 1.81 bits per heavy atom. The number of carbonyl (C=O) groups is 1. The highest BCUT2D eigenvalue weighted by molar-refractivity contribution is 7.92. The van der Waals surface area contributed by atoms with Gasteiger partial charge in [0.05, 0.1) is 27.9 Å². The van der Waals surface area contributed by atoms with Crippen LogP contribution in [0.5, 0.6) is 0 Å². The van der Waals surface area contributed by atoms with E-state index in [9.17, 15) is 13.2 Å². The van der Waals surface area contributed by atoms with E-state index >= 15 is 0 Å². The fourth-order valence-electron chi connectivity index (χ4n) is 3.66. The topological polar surface area (TPSA) is 132 Å². The van der Waals surface area contributed by atoms with E-state index in [1.807, 2.05) is 37.4 Å². The molecule has 0 spiro atoms. The van der Waals surface area contributed by atoms with Gasteiger partial charge in [0.1, 0.15) is 0 Å². The first-order chi connectivity index (χ1) is 17.8. The number of benzene rings is 2. The van der Waals surface area contributed by atoms with Crippen molar-refractivity contribution < 1.29 is 13.2 Å². The van der Waals surface area contributed by atoms with Crippen LogP contribution >= 0.6 is 11.6 Å². The van der Waals surface area contributed by atoms with E-state index in [0.717, 1.165) is 12.1 Å². The zero-order valence-electron chi connectivity index (χ0n) is 19.5. The standard InChI is InChI=1S/C25H20ClN7O3S/c1-2-33-15-16(14-27-33)22-13-20(19-5-3-4-6-21(19)29-22)25(34)28-17-7-9-18(10-8-17)37(35,36)32-24-12-11-23(26)30-31-24/h3-15H,2H2,1H3,(H,28,34)(H,31,32). The summed E-state index contributed by atoms with van der Waals surface area (Å²) < 4.78 is 29.5. The van der Waals surface area contributed by atoms with Gasteiger partial charge >= 0.3 is 0 Å². The molecule has 0 aliphatic carbocycles. The van der Waals surface area contributed by atoms with Crippen LogP contribution in [0.4, 0.5) is 11.5 Å². The highest BCUT2D eigenvalue weighted by atomic mass is 35.5. The number of hydrogen-bond acceptors (Lipinski definition) is 7. The second-order valence-electron chi connectivity index (χ2n) is 7.98. The molecule has 37 heavy (non-hydrogen) atoms. The number of amides is 1. The number of carbonyl (C=O) groups excluding carboxylic acids is 1. The summed E-state index contributed by atoms with van der Waals surface area (Å²) in [6.45, 7) is 2.71. The molecule has 3 aromatic heterocycles. The van der Waals surface area contributed by atoms with Gasteiger partial charge in [-0.3, -0.25) is 14.2 Å². The van der Waals surface area contributed by atoms with Crippen LogP contribution in [-0.4, -0.2) is 39.3 Å². The Kier molecular flexibility index (Phi) is 6.55. The Hall–Kier alpha value is -4.35. The molecule has 5 rings (SSSR count). The van der Waals surface area contributed by atoms with Crippen molar-refractivity contribution in [1.82, 2.24) is 25.0 Å². The molecule has 0 atom stereocenters. The Morgan fingerprint density at radius 1 is 1.03 bits per heavy atom. The summed E-state index contributed by atoms with van der Waals surface area (Å²) in [5.74, 6) is -0.320. The van der Waals surface area contributed by atoms with Crippen LogP contribution in [0.25, 0.3) is 22.2 Å². The van der Waals surface area contributed by atoms with E-state index < -0.39 is 10.0 Å². The number of hydrogen-bond donors (Lipinski definition) is 2. The quantitative estimate of drug-likeness (QED) is 0.312. The number of sulfonamides is 1. The molecule has 0 unspecified atom stereocenters. The predicted molar refractivity (Wildman–Crippen MR) is 141 cm³/mol. The summed E-state index contributed by atoms with van der Waals surface area (Å²) in [5.41, 5.74) is 2.96. The van der Waals surface area contributed by atoms with Gasteiger partial charge < -0.3 is 5.32 Å². The van der Waals surface area contributed by atoms with E-state index in [4.69, 9.17) is 16.6 Å². The molecule has 0 bridgehead atoms. The third-order valence-corrected chi connectivity index (χ3v) is 7.08. The highest BCUT2D eigenvalue weighted by Gasteiger charge is 2.17. The first kappa shape index (κ1) is 24.3. The maximum Gasteiger partial charge on any atom is 0.263 e. The van der Waals surface area contributed by atoms with Crippen molar-refractivity contribution >= 4 is 49.9 Å². The number of rotatable bonds is 7. The average Bonchev–Trinajstić information content (AvgIpc) is 3.39. The number of fused-ring (bicyclic) bond motifs is 1. The van der Waals surface area contributed by atoms with Crippen LogP contribution in [-0.2, 0) is 16.6 Å². The number of aromatic nitrogens is 5. The number of nitrogens with one attached hydrogen (secondary N) is 2. The minimum Gasteiger partial charge on any atom is -0.322 e. The van der Waals surface area contributed by atoms with E-state index in [1.54, 1.807) is 16.9 Å². The van der Waals surface area contributed by atoms with Crippen LogP contribution < -0.4 is 10.0 Å². The molecule has 186 valence electrons. The summed E-state index contributed by atoms with van der Waals surface area (Å²) in [4.78, 5) is 18.0. The first-order valence-electron chi connectivity index (χ1n) is 11.2. The van der Waals surface area contributed by atoms with Gasteiger partial charge in [0, 0.05) is 29.4 Å². The zero-order chi connectivity index (χ0) is 26.0. The maximum absolute atomic E-state index is 13.3. The number of aryl methyl sites for hydroxylation is 1. The van der Waals surface area contributed by atoms with Crippen molar-refractivity contribution in [1.29, 1.82) is 0 Å². The summed E-state index contributed by atoms with van der Waals surface area (Å²) in [6, 6.07) is 17.7. The third-order valence-electron chi connectivity index (χ3n) is 5.51. The van der Waals surface area contributed by atoms with Gasteiger partial charge in [-0.15, -0.1) is 10.2 Å². The minimum atomic E-state index is -3.91. The number of para-hydroxylation sites is 1. The molecule has 0 fully saturated rings. The second kappa shape index (κ2) is 9.96. The maximum atomic E-state index is 13.3. The van der Waals surface area contributed by atoms with E-state index in [2.05, 4.69) is 25.3 Å². The SMILES string of the molecule is CCn1cc(-c2cc(C(=O)Nc3ccc(S(=O)(=O)Nc4ccc(Cl)nn4)cc3)c3ccccc3n2)cn1. The van der Waals surface area contributed by atoms with Crippen molar-refractivity contribution in [2.24, 2.45) is 0 Å². The van der Waals surface area contributed by atoms with Crippen LogP contribution in [0.2, 0.25) is 5.15 Å². The second-order valence-corrected chi connectivity index (χ2v) is 10.1. The van der Waals surface area contributed by atoms with Crippen molar-refractivity contribution in [3.63, 3.8) is 0 Å². The molecule has 1 amide bonds. The van der Waals surface area contributed by atoms with Crippen LogP contribution in [0.3, 0.4) is 0 Å². The Morgan fingerprint density at radius 3 is 2.51 bits per heavy atom. The number of pyridine rings is 1. The fourth-order valence-corrected chi connectivity index (χ4v) is 4.76. The molecular weight excluding hydrogens is 514 g/mol. The minimum absolute atomic E-state index is 0.00756. The number of halogens is 1. The summed E-state index contributed by atoms with van der Waals surface area (Å²) in [5, 5.41) is 15.3. The lowest BCUT2D eigenvalue weighted by Crippen LogP contribution is -2.15. The Labute approximate surface area is 217 Å². The van der Waals surface area contributed by atoms with Gasteiger partial charge in [-0.1, -0.05) is 29.8 Å². The van der Waals surface area contributed by atoms with E-state index in [0.29, 0.717) is 27.8 Å². The van der Waals surface area contributed by atoms with Crippen molar-refractivity contribution in [2.45, 2.75) is 18.4 Å². The van der Waals surface area contributed by atoms with Crippen LogP contribution in [0.15, 0.2) is 84.0 Å². The highest BCUT2D eigenvalue weighted by Crippen LogP contribution is 2.26. The number of anilines is 2. The fraction of sp³-hybridized carbons (Fsp3) is 0.0800. The lowest BCUT2D eigenvalue weighted by Gasteiger charge is -2.11. The van der Waals surface area contributed by atoms with E-state index in [1.165, 1.54) is 36.4 Å². The van der Waals surface area contributed by atoms with Gasteiger partial charge in [-0.25, -0.2) is 13.4 Å². The molecule has 10 nitrogen and oxygen atoms in total. The zero-order valence-corrected chi connectivity index (χ0v) is 21.0. The first-order valence-corrected chi connectivity index (χ1v) is 13.0. The molecule has 5 aromatic rings. The molecule has 0 saturated heterocycles. The summed E-state index contributed by atoms with van der Waals surface area (Å²) in [6.07, 6.45) is 3.59.